The van der Waals surface area contributed by atoms with Gasteiger partial charge in [0, 0.05) is 0 Å². The van der Waals surface area contributed by atoms with E-state index in [-0.39, 0.29) is 12.5 Å². The van der Waals surface area contributed by atoms with E-state index in [0.29, 0.717) is 25.4 Å². The highest BCUT2D eigenvalue weighted by molar-refractivity contribution is 6.08. The molecule has 2 aliphatic carbocycles. The van der Waals surface area contributed by atoms with E-state index in [1.807, 2.05) is 0 Å². The zero-order chi connectivity index (χ0) is 15.6. The van der Waals surface area contributed by atoms with Crippen LogP contribution in [0.25, 0.3) is 0 Å². The first-order valence-corrected chi connectivity index (χ1v) is 8.40. The second kappa shape index (κ2) is 6.26. The van der Waals surface area contributed by atoms with Crippen LogP contribution in [0.3, 0.4) is 0 Å². The zero-order valence-corrected chi connectivity index (χ0v) is 12.9. The number of carbonyl (C=O) groups is 3. The summed E-state index contributed by atoms with van der Waals surface area (Å²) in [4.78, 5) is 37.4. The lowest BCUT2D eigenvalue weighted by Gasteiger charge is -2.22. The first kappa shape index (κ1) is 15.3. The Morgan fingerprint density at radius 3 is 2.50 bits per heavy atom. The Morgan fingerprint density at radius 2 is 1.82 bits per heavy atom. The minimum absolute atomic E-state index is 0.260. The number of nitrogens with zero attached hydrogens (tertiary/aromatic N) is 1. The fourth-order valence-electron chi connectivity index (χ4n) is 3.88. The Kier molecular flexibility index (Phi) is 4.36. The largest absolute Gasteiger partial charge is 0.464 e. The minimum atomic E-state index is -0.749. The summed E-state index contributed by atoms with van der Waals surface area (Å²) in [5.41, 5.74) is -0.749. The van der Waals surface area contributed by atoms with Gasteiger partial charge in [-0.25, -0.2) is 4.79 Å². The summed E-state index contributed by atoms with van der Waals surface area (Å²) in [5.74, 6) is -0.310. The van der Waals surface area contributed by atoms with Crippen LogP contribution in [-0.4, -0.2) is 41.5 Å². The molecule has 3 fully saturated rings. The molecule has 0 radical (unpaired) electrons. The number of carbonyl (C=O) groups excluding carboxylic acids is 3. The van der Waals surface area contributed by atoms with Crippen LogP contribution in [-0.2, 0) is 14.3 Å². The summed E-state index contributed by atoms with van der Waals surface area (Å²) in [5, 5.41) is 2.77. The third kappa shape index (κ3) is 2.96. The summed E-state index contributed by atoms with van der Waals surface area (Å²) in [7, 11) is 0. The van der Waals surface area contributed by atoms with Gasteiger partial charge in [0.05, 0.1) is 6.61 Å². The average Bonchev–Trinajstić information content (AvgIpc) is 3.08. The van der Waals surface area contributed by atoms with Crippen molar-refractivity contribution in [2.45, 2.75) is 63.3 Å². The Hall–Kier alpha value is -1.59. The Balaban J connectivity index is 1.50. The van der Waals surface area contributed by atoms with Crippen LogP contribution in [0.4, 0.5) is 4.79 Å². The van der Waals surface area contributed by atoms with Crippen LogP contribution in [0.15, 0.2) is 0 Å². The number of ether oxygens (including phenoxy) is 1. The fraction of sp³-hybridized carbons (Fsp3) is 0.812. The zero-order valence-electron chi connectivity index (χ0n) is 12.9. The van der Waals surface area contributed by atoms with Crippen LogP contribution in [0, 0.1) is 5.92 Å². The van der Waals surface area contributed by atoms with Crippen LogP contribution < -0.4 is 5.32 Å². The van der Waals surface area contributed by atoms with E-state index in [1.165, 1.54) is 19.3 Å². The van der Waals surface area contributed by atoms with Crippen molar-refractivity contribution in [1.29, 1.82) is 0 Å². The fourth-order valence-corrected chi connectivity index (χ4v) is 3.88. The van der Waals surface area contributed by atoms with Gasteiger partial charge in [-0.1, -0.05) is 32.1 Å². The SMILES string of the molecule is O=C(CN1C(=O)NC2(CCCC2)C1=O)OCC1CCCCC1. The van der Waals surface area contributed by atoms with E-state index in [9.17, 15) is 14.4 Å². The number of imide groups is 1. The number of nitrogens with one attached hydrogen (secondary N) is 1. The molecule has 122 valence electrons. The highest BCUT2D eigenvalue weighted by Gasteiger charge is 2.52. The van der Waals surface area contributed by atoms with E-state index in [1.54, 1.807) is 0 Å². The van der Waals surface area contributed by atoms with Gasteiger partial charge in [-0.2, -0.15) is 0 Å². The highest BCUT2D eigenvalue weighted by atomic mass is 16.5. The number of esters is 1. The van der Waals surface area contributed by atoms with Crippen molar-refractivity contribution in [2.75, 3.05) is 13.2 Å². The molecular formula is C16H24N2O4. The molecule has 1 aliphatic heterocycles. The van der Waals surface area contributed by atoms with Crippen LogP contribution in [0.1, 0.15) is 57.8 Å². The first-order chi connectivity index (χ1) is 10.6. The predicted molar refractivity (Wildman–Crippen MR) is 79.0 cm³/mol. The molecule has 3 amide bonds. The van der Waals surface area contributed by atoms with E-state index in [0.717, 1.165) is 30.6 Å². The molecule has 6 heteroatoms. The van der Waals surface area contributed by atoms with Gasteiger partial charge in [0.1, 0.15) is 12.1 Å². The van der Waals surface area contributed by atoms with Crippen molar-refractivity contribution in [3.8, 4) is 0 Å². The number of hydrogen-bond donors (Lipinski definition) is 1. The standard InChI is InChI=1S/C16H24N2O4/c19-13(22-11-12-6-2-1-3-7-12)10-18-14(20)16(17-15(18)21)8-4-5-9-16/h12H,1-11H2,(H,17,21). The molecule has 2 saturated carbocycles. The molecule has 6 nitrogen and oxygen atoms in total. The maximum absolute atomic E-state index is 12.4. The van der Waals surface area contributed by atoms with Crippen molar-refractivity contribution in [2.24, 2.45) is 5.92 Å². The van der Waals surface area contributed by atoms with E-state index < -0.39 is 17.5 Å². The molecular weight excluding hydrogens is 284 g/mol. The van der Waals surface area contributed by atoms with Crippen molar-refractivity contribution in [1.82, 2.24) is 10.2 Å². The van der Waals surface area contributed by atoms with E-state index >= 15 is 0 Å². The minimum Gasteiger partial charge on any atom is -0.464 e. The Labute approximate surface area is 130 Å². The molecule has 3 aliphatic rings. The molecule has 22 heavy (non-hydrogen) atoms. The average molecular weight is 308 g/mol. The van der Waals surface area contributed by atoms with Gasteiger partial charge in [-0.05, 0) is 31.6 Å². The van der Waals surface area contributed by atoms with Gasteiger partial charge < -0.3 is 10.1 Å². The van der Waals surface area contributed by atoms with E-state index in [2.05, 4.69) is 5.32 Å². The molecule has 1 N–H and O–H groups in total. The van der Waals surface area contributed by atoms with Gasteiger partial charge >= 0.3 is 12.0 Å². The summed E-state index contributed by atoms with van der Waals surface area (Å²) in [6, 6.07) is -0.457. The molecule has 0 unspecified atom stereocenters. The lowest BCUT2D eigenvalue weighted by molar-refractivity contribution is -0.149. The number of amides is 3. The number of urea groups is 1. The topological polar surface area (TPSA) is 75.7 Å². The first-order valence-electron chi connectivity index (χ1n) is 8.40. The lowest BCUT2D eigenvalue weighted by atomic mass is 9.90. The van der Waals surface area contributed by atoms with Crippen molar-refractivity contribution in [3.63, 3.8) is 0 Å². The highest BCUT2D eigenvalue weighted by Crippen LogP contribution is 2.35. The normalized spacial score (nSPS) is 24.8. The van der Waals surface area contributed by atoms with Gasteiger partial charge in [0.25, 0.3) is 5.91 Å². The van der Waals surface area contributed by atoms with Crippen molar-refractivity contribution < 1.29 is 19.1 Å². The summed E-state index contributed by atoms with van der Waals surface area (Å²) in [6.45, 7) is 0.146. The van der Waals surface area contributed by atoms with E-state index in [4.69, 9.17) is 4.74 Å². The third-order valence-electron chi connectivity index (χ3n) is 5.19. The smallest absolute Gasteiger partial charge is 0.326 e. The van der Waals surface area contributed by atoms with Gasteiger partial charge in [-0.15, -0.1) is 0 Å². The second-order valence-electron chi connectivity index (χ2n) is 6.80. The van der Waals surface area contributed by atoms with Crippen LogP contribution in [0.2, 0.25) is 0 Å². The van der Waals surface area contributed by atoms with Crippen LogP contribution in [0.5, 0.6) is 0 Å². The van der Waals surface area contributed by atoms with Crippen LogP contribution >= 0.6 is 0 Å². The number of hydrogen-bond acceptors (Lipinski definition) is 4. The molecule has 0 aromatic heterocycles. The van der Waals surface area contributed by atoms with Gasteiger partial charge in [0.2, 0.25) is 0 Å². The summed E-state index contributed by atoms with van der Waals surface area (Å²) >= 11 is 0. The van der Waals surface area contributed by atoms with Gasteiger partial charge in [-0.3, -0.25) is 14.5 Å². The third-order valence-corrected chi connectivity index (χ3v) is 5.19. The molecule has 0 aromatic rings. The molecule has 0 aromatic carbocycles. The molecule has 1 heterocycles. The lowest BCUT2D eigenvalue weighted by Crippen LogP contribution is -2.44. The summed E-state index contributed by atoms with van der Waals surface area (Å²) in [6.07, 6.45) is 9.05. The molecule has 1 spiro atoms. The predicted octanol–water partition coefficient (Wildman–Crippen LogP) is 1.97. The maximum Gasteiger partial charge on any atom is 0.326 e. The maximum atomic E-state index is 12.4. The molecule has 0 bridgehead atoms. The van der Waals surface area contributed by atoms with Crippen molar-refractivity contribution >= 4 is 17.9 Å². The Morgan fingerprint density at radius 1 is 1.14 bits per heavy atom. The monoisotopic (exact) mass is 308 g/mol. The van der Waals surface area contributed by atoms with Crippen molar-refractivity contribution in [3.05, 3.63) is 0 Å². The quantitative estimate of drug-likeness (QED) is 0.636. The molecule has 3 rings (SSSR count). The molecule has 1 saturated heterocycles. The summed E-state index contributed by atoms with van der Waals surface area (Å²) < 4.78 is 5.28. The number of rotatable bonds is 4. The second-order valence-corrected chi connectivity index (χ2v) is 6.80. The Bertz CT molecular complexity index is 465. The van der Waals surface area contributed by atoms with Gasteiger partial charge in [0.15, 0.2) is 0 Å². The molecule has 0 atom stereocenters.